The molecule has 0 amide bonds. The Labute approximate surface area is 231 Å². The minimum Gasteiger partial charge on any atom is -0.394 e. The Hall–Kier alpha value is -3.63. The fourth-order valence-electron chi connectivity index (χ4n) is 4.83. The summed E-state index contributed by atoms with van der Waals surface area (Å²) in [6.07, 6.45) is -8.48. The zero-order chi connectivity index (χ0) is 29.9. The van der Waals surface area contributed by atoms with Crippen LogP contribution in [0.15, 0.2) is 28.6 Å². The highest BCUT2D eigenvalue weighted by Gasteiger charge is 2.50. The Bertz CT molecular complexity index is 1790. The molecule has 21 nitrogen and oxygen atoms in total. The molecule has 0 aromatic carbocycles. The summed E-state index contributed by atoms with van der Waals surface area (Å²) in [7, 11) is -5.08. The van der Waals surface area contributed by atoms with Gasteiger partial charge in [-0.25, -0.2) is 19.5 Å². The molecule has 4 aromatic heterocycles. The van der Waals surface area contributed by atoms with Crippen molar-refractivity contribution in [2.24, 2.45) is 0 Å². The van der Waals surface area contributed by atoms with Gasteiger partial charge in [0.05, 0.1) is 32.2 Å². The third-order valence-corrected chi connectivity index (χ3v) is 7.84. The smallest absolute Gasteiger partial charge is 0.394 e. The second-order valence-electron chi connectivity index (χ2n) is 9.45. The van der Waals surface area contributed by atoms with Gasteiger partial charge in [-0.05, 0) is 0 Å². The number of nitrogen functional groups attached to an aromatic ring is 1. The molecule has 2 saturated heterocycles. The normalized spacial score (nSPS) is 31.3. The maximum atomic E-state index is 13.0. The van der Waals surface area contributed by atoms with Crippen molar-refractivity contribution in [2.45, 2.75) is 49.1 Å². The molecule has 42 heavy (non-hydrogen) atoms. The van der Waals surface area contributed by atoms with Crippen molar-refractivity contribution in [3.8, 4) is 0 Å². The number of nitrogens with zero attached hydrogens (tertiary/aromatic N) is 6. The molecule has 0 aliphatic carbocycles. The van der Waals surface area contributed by atoms with Crippen molar-refractivity contribution in [1.82, 2.24) is 39.0 Å². The SMILES string of the molecule is Nc1nc2c(ncn2[C@@H]2O[C@H](CO)[C@@H](O)[C@H]2OP(=O)(O)OC[C@H]2O[C@@H](n3cnc4c(=O)[nH]cnc43)[C@H](O)[C@@H]2O)c(=O)[nH]1. The lowest BCUT2D eigenvalue weighted by Gasteiger charge is -2.24. The van der Waals surface area contributed by atoms with Gasteiger partial charge in [0.2, 0.25) is 5.95 Å². The van der Waals surface area contributed by atoms with Crippen molar-refractivity contribution in [1.29, 1.82) is 0 Å². The predicted octanol–water partition coefficient (Wildman–Crippen LogP) is -3.79. The fraction of sp³-hybridized carbons (Fsp3) is 0.500. The van der Waals surface area contributed by atoms with Gasteiger partial charge in [-0.1, -0.05) is 0 Å². The summed E-state index contributed by atoms with van der Waals surface area (Å²) < 4.78 is 36.8. The van der Waals surface area contributed by atoms with E-state index in [4.69, 9.17) is 24.3 Å². The third-order valence-electron chi connectivity index (χ3n) is 6.85. The van der Waals surface area contributed by atoms with Crippen LogP contribution in [-0.2, 0) is 23.1 Å². The van der Waals surface area contributed by atoms with Crippen LogP contribution in [0.2, 0.25) is 0 Å². The molecule has 0 radical (unpaired) electrons. The van der Waals surface area contributed by atoms with E-state index in [2.05, 4.69) is 29.9 Å². The molecule has 0 saturated carbocycles. The van der Waals surface area contributed by atoms with Crippen molar-refractivity contribution in [2.75, 3.05) is 18.9 Å². The van der Waals surface area contributed by atoms with Crippen molar-refractivity contribution in [3.63, 3.8) is 0 Å². The first-order valence-corrected chi connectivity index (χ1v) is 13.7. The number of rotatable bonds is 8. The number of nitrogens with two attached hydrogens (primary N) is 1. The highest BCUT2D eigenvalue weighted by molar-refractivity contribution is 7.47. The number of aliphatic hydroxyl groups is 4. The molecule has 4 aromatic rings. The molecule has 1 unspecified atom stereocenters. The van der Waals surface area contributed by atoms with E-state index in [1.54, 1.807) is 0 Å². The maximum absolute atomic E-state index is 13.0. The Morgan fingerprint density at radius 1 is 0.952 bits per heavy atom. The minimum absolute atomic E-state index is 0.0445. The van der Waals surface area contributed by atoms with Gasteiger partial charge in [0, 0.05) is 0 Å². The van der Waals surface area contributed by atoms with E-state index < -0.39 is 81.2 Å². The van der Waals surface area contributed by atoms with Crippen LogP contribution in [0.4, 0.5) is 5.95 Å². The summed E-state index contributed by atoms with van der Waals surface area (Å²) in [6, 6.07) is 0. The van der Waals surface area contributed by atoms with Gasteiger partial charge in [0.25, 0.3) is 11.1 Å². The second-order valence-corrected chi connectivity index (χ2v) is 10.9. The van der Waals surface area contributed by atoms with Crippen LogP contribution in [0, 0.1) is 0 Å². The van der Waals surface area contributed by atoms with Crippen LogP contribution in [0.25, 0.3) is 22.3 Å². The Morgan fingerprint density at radius 3 is 2.33 bits per heavy atom. The number of aromatic nitrogens is 8. The van der Waals surface area contributed by atoms with E-state index in [9.17, 15) is 39.5 Å². The average Bonchev–Trinajstić information content (AvgIpc) is 3.69. The quantitative estimate of drug-likeness (QED) is 0.0883. The topological polar surface area (TPSA) is 308 Å². The van der Waals surface area contributed by atoms with Gasteiger partial charge in [0.1, 0.15) is 36.6 Å². The Kier molecular flexibility index (Phi) is 7.17. The zero-order valence-corrected chi connectivity index (χ0v) is 22.0. The number of hydrogen-bond donors (Lipinski definition) is 8. The first-order valence-electron chi connectivity index (χ1n) is 12.2. The maximum Gasteiger partial charge on any atom is 0.472 e. The first-order chi connectivity index (χ1) is 20.0. The van der Waals surface area contributed by atoms with E-state index in [1.165, 1.54) is 10.9 Å². The number of aromatic amines is 2. The molecule has 2 aliphatic heterocycles. The van der Waals surface area contributed by atoms with Crippen molar-refractivity contribution >= 4 is 36.1 Å². The highest BCUT2D eigenvalue weighted by atomic mass is 31.2. The molecule has 9 atom stereocenters. The zero-order valence-electron chi connectivity index (χ0n) is 21.1. The number of fused-ring (bicyclic) bond motifs is 2. The van der Waals surface area contributed by atoms with E-state index in [-0.39, 0.29) is 28.3 Å². The molecule has 6 rings (SSSR count). The first kappa shape index (κ1) is 28.5. The van der Waals surface area contributed by atoms with Gasteiger partial charge in [0.15, 0.2) is 34.8 Å². The monoisotopic (exact) mass is 613 g/mol. The molecule has 0 spiro atoms. The number of imidazole rings is 2. The molecule has 0 bridgehead atoms. The summed E-state index contributed by atoms with van der Waals surface area (Å²) in [6.45, 7) is -1.48. The molecular formula is C20H24N9O12P. The standard InChI is InChI=1S/C20H24N9O12P/c21-20-26-15-9(17(35)27-20)25-5-29(15)19-13(11(32)6(1-30)39-19)41-42(36,37)38-2-7-10(31)12(33)18(40-7)28-4-24-8-14(28)22-3-23-16(8)34/h3-7,10-13,18-19,30-33H,1-2H2,(H,36,37)(H,22,23,34)(H3,21,26,27,35)/t6-,7-,10-,11-,12-,13-,18-,19-/m1/s1. The lowest BCUT2D eigenvalue weighted by molar-refractivity contribution is -0.0615. The molecule has 226 valence electrons. The highest BCUT2D eigenvalue weighted by Crippen LogP contribution is 2.50. The largest absolute Gasteiger partial charge is 0.472 e. The molecular weight excluding hydrogens is 589 g/mol. The van der Waals surface area contributed by atoms with Gasteiger partial charge in [-0.2, -0.15) is 4.98 Å². The number of nitrogens with one attached hydrogen (secondary N) is 2. The van der Waals surface area contributed by atoms with Gasteiger partial charge in [-0.15, -0.1) is 0 Å². The summed E-state index contributed by atoms with van der Waals surface area (Å²) in [5, 5.41) is 41.4. The summed E-state index contributed by atoms with van der Waals surface area (Å²) >= 11 is 0. The van der Waals surface area contributed by atoms with Gasteiger partial charge >= 0.3 is 7.82 Å². The number of phosphoric ester groups is 1. The van der Waals surface area contributed by atoms with E-state index >= 15 is 0 Å². The minimum atomic E-state index is -5.08. The number of ether oxygens (including phenoxy) is 2. The molecule has 2 aliphatic rings. The van der Waals surface area contributed by atoms with E-state index in [0.717, 1.165) is 17.2 Å². The summed E-state index contributed by atoms with van der Waals surface area (Å²) in [5.41, 5.74) is 4.16. The van der Waals surface area contributed by atoms with Gasteiger partial charge < -0.3 is 45.5 Å². The number of H-pyrrole nitrogens is 2. The van der Waals surface area contributed by atoms with E-state index in [1.807, 2.05) is 0 Å². The third kappa shape index (κ3) is 4.80. The Morgan fingerprint density at radius 2 is 1.62 bits per heavy atom. The van der Waals surface area contributed by atoms with Crippen molar-refractivity contribution in [3.05, 3.63) is 39.7 Å². The number of hydrogen-bond acceptors (Lipinski definition) is 16. The fourth-order valence-corrected chi connectivity index (χ4v) is 5.77. The second kappa shape index (κ2) is 10.6. The molecule has 22 heteroatoms. The lowest BCUT2D eigenvalue weighted by Crippen LogP contribution is -2.36. The number of aliphatic hydroxyl groups excluding tert-OH is 4. The number of anilines is 1. The van der Waals surface area contributed by atoms with Crippen LogP contribution in [0.1, 0.15) is 12.5 Å². The summed E-state index contributed by atoms with van der Waals surface area (Å²) in [5.74, 6) is -0.262. The Balaban J connectivity index is 1.19. The van der Waals surface area contributed by atoms with Crippen LogP contribution in [0.3, 0.4) is 0 Å². The number of phosphoric acid groups is 1. The molecule has 2 fully saturated rings. The van der Waals surface area contributed by atoms with Crippen LogP contribution < -0.4 is 16.9 Å². The van der Waals surface area contributed by atoms with Crippen LogP contribution >= 0.6 is 7.82 Å². The average molecular weight is 613 g/mol. The molecule has 9 N–H and O–H groups in total. The van der Waals surface area contributed by atoms with Gasteiger partial charge in [-0.3, -0.25) is 32.8 Å². The van der Waals surface area contributed by atoms with E-state index in [0.29, 0.717) is 0 Å². The van der Waals surface area contributed by atoms with Crippen molar-refractivity contribution < 1.29 is 48.4 Å². The molecule has 6 heterocycles. The predicted molar refractivity (Wildman–Crippen MR) is 134 cm³/mol. The lowest BCUT2D eigenvalue weighted by atomic mass is 10.1. The van der Waals surface area contributed by atoms with Crippen LogP contribution in [-0.4, -0.2) is 114 Å². The van der Waals surface area contributed by atoms with Crippen LogP contribution in [0.5, 0.6) is 0 Å². The summed E-state index contributed by atoms with van der Waals surface area (Å²) in [4.78, 5) is 55.1.